The van der Waals surface area contributed by atoms with Crippen molar-refractivity contribution in [3.05, 3.63) is 45.1 Å². The number of aromatic amines is 1. The zero-order valence-electron chi connectivity index (χ0n) is 11.7. The molecule has 2 rings (SSSR count). The van der Waals surface area contributed by atoms with Crippen LogP contribution in [0.4, 0.5) is 0 Å². The summed E-state index contributed by atoms with van der Waals surface area (Å²) in [6, 6.07) is 2.66. The molecule has 0 aliphatic rings. The van der Waals surface area contributed by atoms with Crippen LogP contribution in [0.3, 0.4) is 0 Å². The van der Waals surface area contributed by atoms with E-state index in [2.05, 4.69) is 20.6 Å². The van der Waals surface area contributed by atoms with Crippen LogP contribution >= 0.6 is 0 Å². The monoisotopic (exact) mass is 275 g/mol. The van der Waals surface area contributed by atoms with Gasteiger partial charge in [-0.15, -0.1) is 0 Å². The minimum atomic E-state index is -0.334. The minimum absolute atomic E-state index is 0.189. The average molecular weight is 275 g/mol. The molecule has 0 saturated carbocycles. The highest BCUT2D eigenvalue weighted by Crippen LogP contribution is 2.10. The second-order valence-electron chi connectivity index (χ2n) is 4.58. The van der Waals surface area contributed by atoms with E-state index in [0.29, 0.717) is 13.1 Å². The molecule has 2 aromatic rings. The van der Waals surface area contributed by atoms with Crippen molar-refractivity contribution in [3.8, 4) is 0 Å². The van der Waals surface area contributed by atoms with Crippen LogP contribution in [-0.2, 0) is 6.54 Å². The van der Waals surface area contributed by atoms with Gasteiger partial charge < -0.3 is 5.32 Å². The summed E-state index contributed by atoms with van der Waals surface area (Å²) in [6.45, 7) is 7.02. The van der Waals surface area contributed by atoms with Crippen molar-refractivity contribution in [2.45, 2.75) is 27.3 Å². The molecular formula is C13H17N5O2. The first-order chi connectivity index (χ1) is 9.49. The van der Waals surface area contributed by atoms with E-state index in [4.69, 9.17) is 0 Å². The van der Waals surface area contributed by atoms with Gasteiger partial charge in [-0.2, -0.15) is 10.2 Å². The lowest BCUT2D eigenvalue weighted by Crippen LogP contribution is -2.29. The molecule has 20 heavy (non-hydrogen) atoms. The Balaban J connectivity index is 1.92. The van der Waals surface area contributed by atoms with Gasteiger partial charge in [0, 0.05) is 18.3 Å². The zero-order valence-corrected chi connectivity index (χ0v) is 11.7. The maximum absolute atomic E-state index is 11.8. The highest BCUT2D eigenvalue weighted by molar-refractivity contribution is 5.91. The van der Waals surface area contributed by atoms with Crippen molar-refractivity contribution < 1.29 is 4.79 Å². The number of aryl methyl sites for hydroxylation is 1. The predicted octanol–water partition coefficient (Wildman–Crippen LogP) is 0.322. The molecule has 106 valence electrons. The molecule has 0 unspecified atom stereocenters. The number of rotatable bonds is 4. The van der Waals surface area contributed by atoms with Gasteiger partial charge in [0.2, 0.25) is 0 Å². The smallest absolute Gasteiger partial charge is 0.271 e. The number of amides is 1. The quantitative estimate of drug-likeness (QED) is 0.840. The third kappa shape index (κ3) is 2.93. The molecule has 0 aliphatic heterocycles. The normalized spacial score (nSPS) is 10.6. The fourth-order valence-corrected chi connectivity index (χ4v) is 1.84. The second-order valence-corrected chi connectivity index (χ2v) is 4.58. The number of H-pyrrole nitrogens is 1. The molecule has 0 aliphatic carbocycles. The summed E-state index contributed by atoms with van der Waals surface area (Å²) < 4.78 is 1.87. The first kappa shape index (κ1) is 14.0. The van der Waals surface area contributed by atoms with Gasteiger partial charge in [-0.25, -0.2) is 5.10 Å². The van der Waals surface area contributed by atoms with Gasteiger partial charge in [0.1, 0.15) is 5.69 Å². The first-order valence-electron chi connectivity index (χ1n) is 6.33. The van der Waals surface area contributed by atoms with E-state index in [1.165, 1.54) is 17.7 Å². The Morgan fingerprint density at radius 3 is 2.65 bits per heavy atom. The van der Waals surface area contributed by atoms with Crippen LogP contribution in [0.2, 0.25) is 0 Å². The van der Waals surface area contributed by atoms with Crippen molar-refractivity contribution in [1.82, 2.24) is 25.3 Å². The van der Waals surface area contributed by atoms with E-state index in [-0.39, 0.29) is 17.2 Å². The van der Waals surface area contributed by atoms with Gasteiger partial charge in [-0.05, 0) is 32.4 Å². The summed E-state index contributed by atoms with van der Waals surface area (Å²) in [5, 5.41) is 13.0. The molecular weight excluding hydrogens is 258 g/mol. The van der Waals surface area contributed by atoms with Crippen molar-refractivity contribution in [2.24, 2.45) is 0 Å². The molecule has 2 N–H and O–H groups in total. The number of aromatic nitrogens is 4. The second kappa shape index (κ2) is 5.68. The standard InChI is InChI=1S/C13H17N5O2/c1-8-9(2)17-18(10(8)3)7-6-14-13(20)11-4-5-12(19)16-15-11/h4-5H,6-7H2,1-3H3,(H,14,20)(H,16,19). The Morgan fingerprint density at radius 1 is 1.35 bits per heavy atom. The summed E-state index contributed by atoms with van der Waals surface area (Å²) in [5.41, 5.74) is 3.11. The van der Waals surface area contributed by atoms with Crippen molar-refractivity contribution in [1.29, 1.82) is 0 Å². The molecule has 0 atom stereocenters. The summed E-state index contributed by atoms with van der Waals surface area (Å²) >= 11 is 0. The van der Waals surface area contributed by atoms with E-state index in [1.807, 2.05) is 25.5 Å². The van der Waals surface area contributed by atoms with Crippen LogP contribution in [0.15, 0.2) is 16.9 Å². The van der Waals surface area contributed by atoms with Crippen LogP contribution in [0.25, 0.3) is 0 Å². The number of nitrogens with one attached hydrogen (secondary N) is 2. The third-order valence-corrected chi connectivity index (χ3v) is 3.26. The van der Waals surface area contributed by atoms with Crippen molar-refractivity contribution in [2.75, 3.05) is 6.54 Å². The SMILES string of the molecule is Cc1nn(CCNC(=O)c2ccc(=O)[nH]n2)c(C)c1C. The molecule has 7 nitrogen and oxygen atoms in total. The van der Waals surface area contributed by atoms with E-state index in [1.54, 1.807) is 0 Å². The Hall–Kier alpha value is -2.44. The molecule has 0 radical (unpaired) electrons. The third-order valence-electron chi connectivity index (χ3n) is 3.26. The molecule has 1 amide bonds. The highest BCUT2D eigenvalue weighted by Gasteiger charge is 2.09. The van der Waals surface area contributed by atoms with Gasteiger partial charge in [0.05, 0.1) is 12.2 Å². The van der Waals surface area contributed by atoms with E-state index in [0.717, 1.165) is 11.4 Å². The number of hydrogen-bond donors (Lipinski definition) is 2. The number of carbonyl (C=O) groups is 1. The van der Waals surface area contributed by atoms with Crippen LogP contribution < -0.4 is 10.9 Å². The number of carbonyl (C=O) groups excluding carboxylic acids is 1. The topological polar surface area (TPSA) is 92.7 Å². The number of hydrogen-bond acceptors (Lipinski definition) is 4. The molecule has 2 heterocycles. The van der Waals surface area contributed by atoms with Gasteiger partial charge >= 0.3 is 0 Å². The summed E-state index contributed by atoms with van der Waals surface area (Å²) in [6.07, 6.45) is 0. The Kier molecular flexibility index (Phi) is 3.97. The molecule has 0 spiro atoms. The lowest BCUT2D eigenvalue weighted by Gasteiger charge is -2.06. The highest BCUT2D eigenvalue weighted by atomic mass is 16.2. The van der Waals surface area contributed by atoms with Crippen molar-refractivity contribution >= 4 is 5.91 Å². The van der Waals surface area contributed by atoms with E-state index < -0.39 is 0 Å². The summed E-state index contributed by atoms with van der Waals surface area (Å²) in [7, 11) is 0. The fourth-order valence-electron chi connectivity index (χ4n) is 1.84. The molecule has 0 fully saturated rings. The average Bonchev–Trinajstić information content (AvgIpc) is 2.67. The maximum Gasteiger partial charge on any atom is 0.271 e. The van der Waals surface area contributed by atoms with Crippen LogP contribution in [0.1, 0.15) is 27.4 Å². The summed E-state index contributed by atoms with van der Waals surface area (Å²) in [4.78, 5) is 22.6. The van der Waals surface area contributed by atoms with Crippen LogP contribution in [-0.4, -0.2) is 32.4 Å². The molecule has 2 aromatic heterocycles. The lowest BCUT2D eigenvalue weighted by molar-refractivity contribution is 0.0945. The van der Waals surface area contributed by atoms with Crippen molar-refractivity contribution in [3.63, 3.8) is 0 Å². The Bertz CT molecular complexity index is 666. The molecule has 7 heteroatoms. The van der Waals surface area contributed by atoms with Gasteiger partial charge in [0.15, 0.2) is 0 Å². The molecule has 0 saturated heterocycles. The van der Waals surface area contributed by atoms with E-state index in [9.17, 15) is 9.59 Å². The minimum Gasteiger partial charge on any atom is -0.349 e. The lowest BCUT2D eigenvalue weighted by atomic mass is 10.2. The Labute approximate surface area is 116 Å². The largest absolute Gasteiger partial charge is 0.349 e. The van der Waals surface area contributed by atoms with Crippen LogP contribution in [0, 0.1) is 20.8 Å². The molecule has 0 aromatic carbocycles. The zero-order chi connectivity index (χ0) is 14.7. The number of nitrogens with zero attached hydrogens (tertiary/aromatic N) is 3. The predicted molar refractivity (Wildman–Crippen MR) is 73.6 cm³/mol. The van der Waals surface area contributed by atoms with Gasteiger partial charge in [-0.1, -0.05) is 0 Å². The molecule has 0 bridgehead atoms. The maximum atomic E-state index is 11.8. The fraction of sp³-hybridized carbons (Fsp3) is 0.385. The summed E-state index contributed by atoms with van der Waals surface area (Å²) in [5.74, 6) is -0.320. The van der Waals surface area contributed by atoms with E-state index >= 15 is 0 Å². The van der Waals surface area contributed by atoms with Gasteiger partial charge in [0.25, 0.3) is 11.5 Å². The first-order valence-corrected chi connectivity index (χ1v) is 6.33. The van der Waals surface area contributed by atoms with Crippen LogP contribution in [0.5, 0.6) is 0 Å². The Morgan fingerprint density at radius 2 is 2.10 bits per heavy atom. The van der Waals surface area contributed by atoms with Gasteiger partial charge in [-0.3, -0.25) is 14.3 Å².